The predicted molar refractivity (Wildman–Crippen MR) is 104 cm³/mol. The first-order valence-corrected chi connectivity index (χ1v) is 8.51. The van der Waals surface area contributed by atoms with E-state index in [1.54, 1.807) is 21.3 Å². The van der Waals surface area contributed by atoms with Crippen molar-refractivity contribution in [1.82, 2.24) is 0 Å². The SMILES string of the molecule is COc1ccc(C2=C(C)C(C)=[C]N(c3ccc(OC)cc3)C2OC)cc1. The highest BCUT2D eigenvalue weighted by Crippen LogP contribution is 2.37. The number of ether oxygens (including phenoxy) is 3. The highest BCUT2D eigenvalue weighted by Gasteiger charge is 2.29. The van der Waals surface area contributed by atoms with Crippen molar-refractivity contribution in [3.63, 3.8) is 0 Å². The fourth-order valence-electron chi connectivity index (χ4n) is 3.14. The summed E-state index contributed by atoms with van der Waals surface area (Å²) in [5.41, 5.74) is 5.49. The summed E-state index contributed by atoms with van der Waals surface area (Å²) >= 11 is 0. The van der Waals surface area contributed by atoms with Gasteiger partial charge in [0.05, 0.1) is 20.4 Å². The van der Waals surface area contributed by atoms with Gasteiger partial charge in [-0.25, -0.2) is 0 Å². The maximum absolute atomic E-state index is 5.89. The van der Waals surface area contributed by atoms with Crippen LogP contribution < -0.4 is 14.4 Å². The zero-order valence-corrected chi connectivity index (χ0v) is 15.9. The molecule has 26 heavy (non-hydrogen) atoms. The first-order chi connectivity index (χ1) is 12.6. The summed E-state index contributed by atoms with van der Waals surface area (Å²) in [5, 5.41) is 0. The highest BCUT2D eigenvalue weighted by molar-refractivity contribution is 5.80. The van der Waals surface area contributed by atoms with Gasteiger partial charge in [0.1, 0.15) is 11.5 Å². The first kappa shape index (κ1) is 18.1. The molecule has 0 saturated heterocycles. The standard InChI is InChI=1S/C22H24NO3/c1-15-14-23(18-8-12-20(25-4)13-9-18)22(26-5)21(16(15)2)17-6-10-19(24-3)11-7-17/h6-13,22H,1-5H3. The zero-order valence-electron chi connectivity index (χ0n) is 15.9. The van der Waals surface area contributed by atoms with Gasteiger partial charge < -0.3 is 19.1 Å². The molecule has 4 nitrogen and oxygen atoms in total. The average Bonchev–Trinajstić information content (AvgIpc) is 2.69. The lowest BCUT2D eigenvalue weighted by atomic mass is 9.91. The monoisotopic (exact) mass is 350 g/mol. The summed E-state index contributed by atoms with van der Waals surface area (Å²) in [6, 6.07) is 16.0. The number of nitrogens with zero attached hydrogens (tertiary/aromatic N) is 1. The predicted octanol–water partition coefficient (Wildman–Crippen LogP) is 4.68. The fraction of sp³-hybridized carbons (Fsp3) is 0.273. The van der Waals surface area contributed by atoms with Gasteiger partial charge in [-0.3, -0.25) is 0 Å². The largest absolute Gasteiger partial charge is 0.497 e. The van der Waals surface area contributed by atoms with E-state index in [-0.39, 0.29) is 6.23 Å². The number of allylic oxidation sites excluding steroid dienone is 2. The molecule has 2 aromatic rings. The number of hydrogen-bond donors (Lipinski definition) is 0. The van der Waals surface area contributed by atoms with Crippen molar-refractivity contribution in [2.45, 2.75) is 20.1 Å². The molecule has 3 rings (SSSR count). The summed E-state index contributed by atoms with van der Waals surface area (Å²) < 4.78 is 16.4. The molecule has 0 spiro atoms. The third-order valence-electron chi connectivity index (χ3n) is 4.71. The summed E-state index contributed by atoms with van der Waals surface area (Å²) in [5.74, 6) is 1.66. The van der Waals surface area contributed by atoms with Gasteiger partial charge >= 0.3 is 0 Å². The molecule has 1 unspecified atom stereocenters. The molecule has 135 valence electrons. The smallest absolute Gasteiger partial charge is 0.161 e. The van der Waals surface area contributed by atoms with Gasteiger partial charge in [0.2, 0.25) is 0 Å². The topological polar surface area (TPSA) is 30.9 Å². The maximum atomic E-state index is 5.89. The lowest BCUT2D eigenvalue weighted by molar-refractivity contribution is 0.149. The molecular formula is C22H24NO3. The molecule has 1 atom stereocenters. The van der Waals surface area contributed by atoms with Crippen LogP contribution in [0.5, 0.6) is 11.5 Å². The summed E-state index contributed by atoms with van der Waals surface area (Å²) in [6.45, 7) is 4.18. The second-order valence-electron chi connectivity index (χ2n) is 6.16. The minimum Gasteiger partial charge on any atom is -0.497 e. The normalized spacial score (nSPS) is 17.2. The van der Waals surface area contributed by atoms with E-state index in [2.05, 4.69) is 32.2 Å². The number of methoxy groups -OCH3 is 3. The van der Waals surface area contributed by atoms with Crippen molar-refractivity contribution in [3.8, 4) is 11.5 Å². The number of anilines is 1. The number of rotatable bonds is 5. The minimum atomic E-state index is -0.263. The molecule has 1 heterocycles. The Morgan fingerprint density at radius 2 is 1.35 bits per heavy atom. The minimum absolute atomic E-state index is 0.263. The summed E-state index contributed by atoms with van der Waals surface area (Å²) in [6.07, 6.45) is 3.18. The molecule has 0 aliphatic carbocycles. The Balaban J connectivity index is 2.04. The Morgan fingerprint density at radius 1 is 0.808 bits per heavy atom. The number of benzene rings is 2. The van der Waals surface area contributed by atoms with Gasteiger partial charge in [-0.1, -0.05) is 12.1 Å². The van der Waals surface area contributed by atoms with E-state index in [0.717, 1.165) is 33.9 Å². The van der Waals surface area contributed by atoms with Crippen molar-refractivity contribution in [3.05, 3.63) is 71.4 Å². The van der Waals surface area contributed by atoms with Crippen LogP contribution >= 0.6 is 0 Å². The van der Waals surface area contributed by atoms with Gasteiger partial charge in [-0.2, -0.15) is 0 Å². The molecule has 4 heteroatoms. The molecule has 0 N–H and O–H groups in total. The Labute approximate surface area is 155 Å². The molecule has 0 saturated carbocycles. The van der Waals surface area contributed by atoms with E-state index in [9.17, 15) is 0 Å². The van der Waals surface area contributed by atoms with Crippen LogP contribution in [0, 0.1) is 6.20 Å². The van der Waals surface area contributed by atoms with Gasteiger partial charge in [0.15, 0.2) is 6.23 Å². The van der Waals surface area contributed by atoms with Crippen molar-refractivity contribution < 1.29 is 14.2 Å². The molecule has 1 aliphatic heterocycles. The maximum Gasteiger partial charge on any atom is 0.161 e. The Bertz CT molecular complexity index is 819. The van der Waals surface area contributed by atoms with Gasteiger partial charge in [-0.15, -0.1) is 0 Å². The molecule has 1 aliphatic rings. The molecule has 2 aromatic carbocycles. The van der Waals surface area contributed by atoms with Gasteiger partial charge in [0, 0.05) is 18.4 Å². The van der Waals surface area contributed by atoms with Crippen molar-refractivity contribution in [2.75, 3.05) is 26.2 Å². The molecule has 0 fully saturated rings. The molecular weight excluding hydrogens is 326 g/mol. The fourth-order valence-corrected chi connectivity index (χ4v) is 3.14. The van der Waals surface area contributed by atoms with E-state index in [1.807, 2.05) is 41.3 Å². The van der Waals surface area contributed by atoms with E-state index < -0.39 is 0 Å². The molecule has 0 aromatic heterocycles. The Hall–Kier alpha value is -2.72. The molecule has 0 amide bonds. The van der Waals surface area contributed by atoms with Crippen LogP contribution in [0.4, 0.5) is 5.69 Å². The van der Waals surface area contributed by atoms with Crippen LogP contribution in [0.3, 0.4) is 0 Å². The zero-order chi connectivity index (χ0) is 18.7. The van der Waals surface area contributed by atoms with Crippen molar-refractivity contribution >= 4 is 11.3 Å². The Morgan fingerprint density at radius 3 is 1.85 bits per heavy atom. The van der Waals surface area contributed by atoms with Gasteiger partial charge in [0.25, 0.3) is 0 Å². The van der Waals surface area contributed by atoms with Crippen LogP contribution in [0.1, 0.15) is 19.4 Å². The lowest BCUT2D eigenvalue weighted by Crippen LogP contribution is -2.37. The summed E-state index contributed by atoms with van der Waals surface area (Å²) in [7, 11) is 5.06. The van der Waals surface area contributed by atoms with Crippen LogP contribution in [0.25, 0.3) is 5.57 Å². The van der Waals surface area contributed by atoms with Crippen LogP contribution in [-0.2, 0) is 4.74 Å². The highest BCUT2D eigenvalue weighted by atomic mass is 16.5. The quantitative estimate of drug-likeness (QED) is 0.784. The van der Waals surface area contributed by atoms with E-state index in [0.29, 0.717) is 0 Å². The lowest BCUT2D eigenvalue weighted by Gasteiger charge is -2.36. The average molecular weight is 350 g/mol. The van der Waals surface area contributed by atoms with Crippen LogP contribution in [0.2, 0.25) is 0 Å². The number of hydrogen-bond acceptors (Lipinski definition) is 4. The summed E-state index contributed by atoms with van der Waals surface area (Å²) in [4.78, 5) is 2.03. The third-order valence-corrected chi connectivity index (χ3v) is 4.71. The van der Waals surface area contributed by atoms with E-state index in [4.69, 9.17) is 14.2 Å². The second-order valence-corrected chi connectivity index (χ2v) is 6.16. The van der Waals surface area contributed by atoms with E-state index in [1.165, 1.54) is 5.57 Å². The van der Waals surface area contributed by atoms with E-state index >= 15 is 0 Å². The van der Waals surface area contributed by atoms with Crippen molar-refractivity contribution in [1.29, 1.82) is 0 Å². The second kappa shape index (κ2) is 7.67. The molecule has 0 bridgehead atoms. The van der Waals surface area contributed by atoms with Crippen LogP contribution in [-0.4, -0.2) is 27.6 Å². The Kier molecular flexibility index (Phi) is 5.33. The van der Waals surface area contributed by atoms with Crippen molar-refractivity contribution in [2.24, 2.45) is 0 Å². The first-order valence-electron chi connectivity index (χ1n) is 8.51. The molecule has 1 radical (unpaired) electrons. The van der Waals surface area contributed by atoms with Gasteiger partial charge in [-0.05, 0) is 67.0 Å². The van der Waals surface area contributed by atoms with Crippen LogP contribution in [0.15, 0.2) is 59.7 Å². The third kappa shape index (κ3) is 3.33.